The van der Waals surface area contributed by atoms with Crippen molar-refractivity contribution in [3.8, 4) is 0 Å². The lowest BCUT2D eigenvalue weighted by Crippen LogP contribution is -2.38. The molecule has 3 heterocycles. The predicted octanol–water partition coefficient (Wildman–Crippen LogP) is 4.18. The third-order valence-electron chi connectivity index (χ3n) is 6.01. The minimum absolute atomic E-state index is 0.0163. The summed E-state index contributed by atoms with van der Waals surface area (Å²) >= 11 is 6.08. The third-order valence-corrected chi connectivity index (χ3v) is 6.26. The average molecular weight is 501 g/mol. The summed E-state index contributed by atoms with van der Waals surface area (Å²) in [6.45, 7) is 0. The molecular weight excluding hydrogens is 487 g/mol. The van der Waals surface area contributed by atoms with E-state index in [0.717, 1.165) is 21.9 Å². The van der Waals surface area contributed by atoms with E-state index in [4.69, 9.17) is 11.6 Å². The van der Waals surface area contributed by atoms with Crippen molar-refractivity contribution >= 4 is 41.0 Å². The van der Waals surface area contributed by atoms with E-state index in [1.165, 1.54) is 16.8 Å². The number of aromatic nitrogens is 4. The van der Waals surface area contributed by atoms with E-state index in [2.05, 4.69) is 15.5 Å². The van der Waals surface area contributed by atoms with Gasteiger partial charge in [-0.3, -0.25) is 9.59 Å². The van der Waals surface area contributed by atoms with Crippen molar-refractivity contribution in [2.45, 2.75) is 6.04 Å². The van der Waals surface area contributed by atoms with Gasteiger partial charge in [0, 0.05) is 10.6 Å². The number of ketones is 1. The van der Waals surface area contributed by atoms with Gasteiger partial charge in [-0.2, -0.15) is 4.68 Å². The number of rotatable bonds is 4. The number of carbonyl (C=O) groups excluding carboxylic acids is 3. The Morgan fingerprint density at radius 2 is 1.58 bits per heavy atom. The molecule has 6 rings (SSSR count). The highest BCUT2D eigenvalue weighted by molar-refractivity contribution is 6.36. The molecule has 0 saturated carbocycles. The highest BCUT2D eigenvalue weighted by Crippen LogP contribution is 2.43. The molecule has 4 aromatic rings. The van der Waals surface area contributed by atoms with E-state index in [1.807, 2.05) is 0 Å². The molecule has 0 aliphatic carbocycles. The number of fused-ring (bicyclic) bond motifs is 3. The second kappa shape index (κ2) is 8.21. The number of anilines is 2. The Balaban J connectivity index is 1.63. The van der Waals surface area contributed by atoms with Crippen LogP contribution in [0.15, 0.2) is 90.1 Å². The van der Waals surface area contributed by atoms with Gasteiger partial charge in [0.25, 0.3) is 11.9 Å². The summed E-state index contributed by atoms with van der Waals surface area (Å²) in [5, 5.41) is 12.2. The smallest absolute Gasteiger partial charge is 0.289 e. The van der Waals surface area contributed by atoms with Crippen molar-refractivity contribution < 1.29 is 18.8 Å². The summed E-state index contributed by atoms with van der Waals surface area (Å²) in [6, 6.07) is 18.2. The fourth-order valence-electron chi connectivity index (χ4n) is 4.41. The standard InChI is InChI=1S/C25H14ClFN6O3/c26-16-10-6-14(7-11-16)20-19(22(34)15-8-12-17(27)13-9-15)21-23(35)31(18-4-2-1-3-5-18)25(36)32(21)24-28-29-30-33(20)24/h1-13,20H/t20-/m0/s1. The summed E-state index contributed by atoms with van der Waals surface area (Å²) < 4.78 is 14.9. The highest BCUT2D eigenvalue weighted by Gasteiger charge is 2.52. The van der Waals surface area contributed by atoms with Crippen molar-refractivity contribution in [1.82, 2.24) is 20.2 Å². The van der Waals surface area contributed by atoms with Crippen molar-refractivity contribution in [1.29, 1.82) is 0 Å². The first-order valence-electron chi connectivity index (χ1n) is 10.8. The summed E-state index contributed by atoms with van der Waals surface area (Å²) in [5.41, 5.74) is 0.822. The third kappa shape index (κ3) is 3.23. The van der Waals surface area contributed by atoms with E-state index in [1.54, 1.807) is 54.6 Å². The number of amides is 3. The van der Waals surface area contributed by atoms with E-state index < -0.39 is 29.6 Å². The van der Waals surface area contributed by atoms with Crippen LogP contribution in [0.1, 0.15) is 22.0 Å². The van der Waals surface area contributed by atoms with Gasteiger partial charge in [-0.15, -0.1) is 0 Å². The first kappa shape index (κ1) is 21.8. The number of para-hydroxylation sites is 1. The molecule has 2 aliphatic heterocycles. The Labute approximate surface area is 208 Å². The Kier molecular flexibility index (Phi) is 4.97. The van der Waals surface area contributed by atoms with Gasteiger partial charge in [0.2, 0.25) is 0 Å². The summed E-state index contributed by atoms with van der Waals surface area (Å²) in [4.78, 5) is 43.3. The van der Waals surface area contributed by atoms with Crippen LogP contribution in [0, 0.1) is 5.82 Å². The largest absolute Gasteiger partial charge is 0.343 e. The average Bonchev–Trinajstić information content (AvgIpc) is 3.47. The molecule has 0 spiro atoms. The fourth-order valence-corrected chi connectivity index (χ4v) is 4.53. The van der Waals surface area contributed by atoms with Gasteiger partial charge in [0.1, 0.15) is 17.6 Å². The molecule has 1 aromatic heterocycles. The number of carbonyl (C=O) groups is 3. The molecule has 0 radical (unpaired) electrons. The molecule has 3 amide bonds. The van der Waals surface area contributed by atoms with Crippen LogP contribution in [0.2, 0.25) is 5.02 Å². The number of allylic oxidation sites excluding steroid dienone is 1. The molecule has 36 heavy (non-hydrogen) atoms. The number of hydrogen-bond donors (Lipinski definition) is 0. The van der Waals surface area contributed by atoms with Crippen LogP contribution in [0.4, 0.5) is 20.8 Å². The maximum absolute atomic E-state index is 13.9. The van der Waals surface area contributed by atoms with Crippen LogP contribution in [0.5, 0.6) is 0 Å². The van der Waals surface area contributed by atoms with Crippen LogP contribution < -0.4 is 9.80 Å². The Bertz CT molecular complexity index is 1570. The zero-order chi connectivity index (χ0) is 25.0. The Hall–Kier alpha value is -4.70. The summed E-state index contributed by atoms with van der Waals surface area (Å²) in [7, 11) is 0. The van der Waals surface area contributed by atoms with Crippen molar-refractivity contribution in [3.63, 3.8) is 0 Å². The monoisotopic (exact) mass is 500 g/mol. The molecule has 1 saturated heterocycles. The van der Waals surface area contributed by atoms with Crippen LogP contribution >= 0.6 is 11.6 Å². The number of imide groups is 1. The van der Waals surface area contributed by atoms with Gasteiger partial charge >= 0.3 is 6.03 Å². The molecular formula is C25H14ClFN6O3. The number of nitrogens with zero attached hydrogens (tertiary/aromatic N) is 6. The first-order chi connectivity index (χ1) is 17.5. The first-order valence-corrected chi connectivity index (χ1v) is 11.1. The SMILES string of the molecule is O=C(C1=C2C(=O)N(c3ccccc3)C(=O)N2c2nnnn2[C@H]1c1ccc(Cl)cc1)c1ccc(F)cc1. The van der Waals surface area contributed by atoms with Crippen molar-refractivity contribution in [2.75, 3.05) is 9.80 Å². The van der Waals surface area contributed by atoms with Crippen molar-refractivity contribution in [2.24, 2.45) is 0 Å². The number of benzene rings is 3. The molecule has 1 fully saturated rings. The lowest BCUT2D eigenvalue weighted by Gasteiger charge is -2.30. The van der Waals surface area contributed by atoms with Gasteiger partial charge in [0.05, 0.1) is 11.3 Å². The van der Waals surface area contributed by atoms with E-state index >= 15 is 0 Å². The van der Waals surface area contributed by atoms with E-state index in [9.17, 15) is 18.8 Å². The Morgan fingerprint density at radius 1 is 0.889 bits per heavy atom. The zero-order valence-corrected chi connectivity index (χ0v) is 19.0. The van der Waals surface area contributed by atoms with E-state index in [0.29, 0.717) is 16.3 Å². The molecule has 3 aromatic carbocycles. The van der Waals surface area contributed by atoms with Crippen LogP contribution in [0.25, 0.3) is 0 Å². The van der Waals surface area contributed by atoms with Gasteiger partial charge in [-0.05, 0) is 64.5 Å². The van der Waals surface area contributed by atoms with E-state index in [-0.39, 0.29) is 22.8 Å². The highest BCUT2D eigenvalue weighted by atomic mass is 35.5. The van der Waals surface area contributed by atoms with Gasteiger partial charge in [-0.25, -0.2) is 19.0 Å². The fraction of sp³-hybridized carbons (Fsp3) is 0.0400. The van der Waals surface area contributed by atoms with Crippen LogP contribution in [-0.4, -0.2) is 37.9 Å². The van der Waals surface area contributed by atoms with Crippen molar-refractivity contribution in [3.05, 3.63) is 112 Å². The molecule has 2 aliphatic rings. The molecule has 0 unspecified atom stereocenters. The van der Waals surface area contributed by atoms with Gasteiger partial charge < -0.3 is 0 Å². The summed E-state index contributed by atoms with van der Waals surface area (Å²) in [5.74, 6) is -1.82. The number of hydrogen-bond acceptors (Lipinski definition) is 6. The quantitative estimate of drug-likeness (QED) is 0.308. The lowest BCUT2D eigenvalue weighted by atomic mass is 9.89. The lowest BCUT2D eigenvalue weighted by molar-refractivity contribution is -0.113. The number of tetrazole rings is 1. The molecule has 176 valence electrons. The maximum atomic E-state index is 13.9. The molecule has 11 heteroatoms. The maximum Gasteiger partial charge on any atom is 0.343 e. The van der Waals surface area contributed by atoms with Crippen LogP contribution in [0.3, 0.4) is 0 Å². The van der Waals surface area contributed by atoms with Gasteiger partial charge in [0.15, 0.2) is 5.78 Å². The number of halogens is 2. The molecule has 1 atom stereocenters. The number of urea groups is 1. The molecule has 0 bridgehead atoms. The molecule has 9 nitrogen and oxygen atoms in total. The van der Waals surface area contributed by atoms with Crippen LogP contribution in [-0.2, 0) is 4.79 Å². The topological polar surface area (TPSA) is 101 Å². The second-order valence-electron chi connectivity index (χ2n) is 8.07. The predicted molar refractivity (Wildman–Crippen MR) is 127 cm³/mol. The second-order valence-corrected chi connectivity index (χ2v) is 8.51. The minimum atomic E-state index is -0.955. The van der Waals surface area contributed by atoms with Gasteiger partial charge in [-0.1, -0.05) is 47.0 Å². The minimum Gasteiger partial charge on any atom is -0.289 e. The zero-order valence-electron chi connectivity index (χ0n) is 18.2. The molecule has 0 N–H and O–H groups in total. The number of Topliss-reactive ketones (excluding diaryl/α,β-unsaturated/α-hetero) is 1. The summed E-state index contributed by atoms with van der Waals surface area (Å²) in [6.07, 6.45) is 0. The Morgan fingerprint density at radius 3 is 2.28 bits per heavy atom. The normalized spacial score (nSPS) is 16.9.